The molecule has 0 saturated carbocycles. The van der Waals surface area contributed by atoms with Gasteiger partial charge < -0.3 is 14.5 Å². The summed E-state index contributed by atoms with van der Waals surface area (Å²) in [5, 5.41) is 0. The minimum atomic E-state index is -0.0701. The van der Waals surface area contributed by atoms with Crippen LogP contribution in [0.3, 0.4) is 0 Å². The van der Waals surface area contributed by atoms with Crippen LogP contribution >= 0.6 is 0 Å². The van der Waals surface area contributed by atoms with Gasteiger partial charge in [0.25, 0.3) is 0 Å². The Labute approximate surface area is 167 Å². The smallest absolute Gasteiger partial charge is 0.231 e. The van der Waals surface area contributed by atoms with Crippen molar-refractivity contribution in [3.05, 3.63) is 60.2 Å². The predicted molar refractivity (Wildman–Crippen MR) is 112 cm³/mol. The summed E-state index contributed by atoms with van der Waals surface area (Å²) in [5.74, 6) is 1.13. The molecule has 1 amide bonds. The normalized spacial score (nSPS) is 18.5. The Morgan fingerprint density at radius 3 is 2.25 bits per heavy atom. The number of anilines is 1. The van der Waals surface area contributed by atoms with Gasteiger partial charge in [-0.2, -0.15) is 0 Å². The van der Waals surface area contributed by atoms with Crippen LogP contribution in [0.2, 0.25) is 0 Å². The molecule has 0 aromatic heterocycles. The molecule has 28 heavy (non-hydrogen) atoms. The summed E-state index contributed by atoms with van der Waals surface area (Å²) in [6, 6.07) is 18.5. The Morgan fingerprint density at radius 1 is 0.929 bits per heavy atom. The van der Waals surface area contributed by atoms with Crippen molar-refractivity contribution < 1.29 is 9.53 Å². The Morgan fingerprint density at radius 2 is 1.61 bits per heavy atom. The van der Waals surface area contributed by atoms with Crippen molar-refractivity contribution in [1.29, 1.82) is 0 Å². The number of ether oxygens (including phenoxy) is 1. The first-order valence-corrected chi connectivity index (χ1v) is 10.2. The summed E-state index contributed by atoms with van der Waals surface area (Å²) in [5.41, 5.74) is 2.28. The average Bonchev–Trinajstić information content (AvgIpc) is 2.72. The Bertz CT molecular complexity index is 783. The lowest BCUT2D eigenvalue weighted by atomic mass is 9.95. The number of carbonyl (C=O) groups is 1. The summed E-state index contributed by atoms with van der Waals surface area (Å²) in [7, 11) is 1.72. The van der Waals surface area contributed by atoms with Crippen LogP contribution in [-0.2, 0) is 4.79 Å². The van der Waals surface area contributed by atoms with Crippen molar-refractivity contribution in [1.82, 2.24) is 9.80 Å². The lowest BCUT2D eigenvalue weighted by Gasteiger charge is -2.39. The molecule has 0 spiro atoms. The van der Waals surface area contributed by atoms with Gasteiger partial charge in [-0.1, -0.05) is 42.5 Å². The quantitative estimate of drug-likeness (QED) is 0.773. The molecule has 2 heterocycles. The maximum Gasteiger partial charge on any atom is 0.231 e. The predicted octanol–water partition coefficient (Wildman–Crippen LogP) is 2.83. The second-order valence-corrected chi connectivity index (χ2v) is 7.60. The van der Waals surface area contributed by atoms with E-state index in [0.717, 1.165) is 69.2 Å². The van der Waals surface area contributed by atoms with Crippen LogP contribution in [0.5, 0.6) is 5.75 Å². The summed E-state index contributed by atoms with van der Waals surface area (Å²) in [6.07, 6.45) is 1.13. The molecule has 2 aromatic rings. The van der Waals surface area contributed by atoms with Crippen molar-refractivity contribution in [2.45, 2.75) is 12.3 Å². The highest BCUT2D eigenvalue weighted by molar-refractivity contribution is 5.84. The third-order valence-electron chi connectivity index (χ3n) is 5.91. The van der Waals surface area contributed by atoms with E-state index in [9.17, 15) is 4.79 Å². The minimum Gasteiger partial charge on any atom is -0.495 e. The van der Waals surface area contributed by atoms with Crippen LogP contribution in [-0.4, -0.2) is 68.6 Å². The number of nitrogens with zero attached hydrogens (tertiary/aromatic N) is 3. The van der Waals surface area contributed by atoms with Gasteiger partial charge in [-0.15, -0.1) is 0 Å². The largest absolute Gasteiger partial charge is 0.495 e. The van der Waals surface area contributed by atoms with Crippen LogP contribution in [0, 0.1) is 0 Å². The number of likely N-dealkylation sites (tertiary alicyclic amines) is 1. The van der Waals surface area contributed by atoms with Crippen LogP contribution in [0.15, 0.2) is 54.6 Å². The van der Waals surface area contributed by atoms with Gasteiger partial charge in [0, 0.05) is 45.8 Å². The fourth-order valence-electron chi connectivity index (χ4n) is 4.09. The third-order valence-corrected chi connectivity index (χ3v) is 5.91. The van der Waals surface area contributed by atoms with E-state index in [0.29, 0.717) is 0 Å². The number of hydrogen-bond acceptors (Lipinski definition) is 4. The molecule has 1 unspecified atom stereocenters. The minimum absolute atomic E-state index is 0.0701. The van der Waals surface area contributed by atoms with Gasteiger partial charge in [0.2, 0.25) is 5.91 Å². The standard InChI is InChI=1S/C23H29N3O2/c1-28-22-11-6-5-10-21(22)25-16-14-24(15-17-25)18-20(19-8-3-2-4-9-19)23(27)26-12-7-13-26/h2-6,8-11,20H,7,12-18H2,1H3. The molecule has 2 aliphatic rings. The van der Waals surface area contributed by atoms with E-state index in [1.807, 2.05) is 35.2 Å². The molecule has 148 valence electrons. The zero-order valence-electron chi connectivity index (χ0n) is 16.6. The Kier molecular flexibility index (Phi) is 5.81. The zero-order chi connectivity index (χ0) is 19.3. The maximum absolute atomic E-state index is 13.0. The summed E-state index contributed by atoms with van der Waals surface area (Å²) in [6.45, 7) is 6.40. The van der Waals surface area contributed by atoms with E-state index in [1.165, 1.54) is 0 Å². The van der Waals surface area contributed by atoms with Gasteiger partial charge in [0.15, 0.2) is 0 Å². The van der Waals surface area contributed by atoms with E-state index in [1.54, 1.807) is 7.11 Å². The monoisotopic (exact) mass is 379 g/mol. The number of amides is 1. The zero-order valence-corrected chi connectivity index (χ0v) is 16.6. The van der Waals surface area contributed by atoms with Crippen LogP contribution in [0.4, 0.5) is 5.69 Å². The molecule has 2 aromatic carbocycles. The van der Waals surface area contributed by atoms with Gasteiger partial charge in [-0.3, -0.25) is 9.69 Å². The number of piperazine rings is 1. The molecule has 5 heteroatoms. The summed E-state index contributed by atoms with van der Waals surface area (Å²) >= 11 is 0. The van der Waals surface area contributed by atoms with Crippen LogP contribution in [0.25, 0.3) is 0 Å². The van der Waals surface area contributed by atoms with Crippen molar-refractivity contribution in [3.63, 3.8) is 0 Å². The first-order valence-electron chi connectivity index (χ1n) is 10.2. The lowest BCUT2D eigenvalue weighted by Crippen LogP contribution is -2.51. The molecule has 5 nitrogen and oxygen atoms in total. The van der Waals surface area contributed by atoms with Gasteiger partial charge in [-0.05, 0) is 24.1 Å². The second kappa shape index (κ2) is 8.65. The molecular formula is C23H29N3O2. The molecule has 0 radical (unpaired) electrons. The molecule has 4 rings (SSSR count). The number of methoxy groups -OCH3 is 1. The molecule has 2 saturated heterocycles. The molecule has 0 N–H and O–H groups in total. The van der Waals surface area contributed by atoms with Crippen molar-refractivity contribution in [2.24, 2.45) is 0 Å². The van der Waals surface area contributed by atoms with Crippen molar-refractivity contribution in [2.75, 3.05) is 57.8 Å². The number of carbonyl (C=O) groups excluding carboxylic acids is 1. The topological polar surface area (TPSA) is 36.0 Å². The number of para-hydroxylation sites is 2. The first-order chi connectivity index (χ1) is 13.8. The Balaban J connectivity index is 1.42. The molecule has 0 bridgehead atoms. The van der Waals surface area contributed by atoms with Crippen molar-refractivity contribution >= 4 is 11.6 Å². The summed E-state index contributed by atoms with van der Waals surface area (Å²) < 4.78 is 5.52. The molecule has 2 fully saturated rings. The molecular weight excluding hydrogens is 350 g/mol. The maximum atomic E-state index is 13.0. The number of hydrogen-bond donors (Lipinski definition) is 0. The average molecular weight is 380 g/mol. The van der Waals surface area contributed by atoms with E-state index in [4.69, 9.17) is 4.74 Å². The van der Waals surface area contributed by atoms with E-state index in [2.05, 4.69) is 34.1 Å². The second-order valence-electron chi connectivity index (χ2n) is 7.60. The van der Waals surface area contributed by atoms with Crippen molar-refractivity contribution in [3.8, 4) is 5.75 Å². The first kappa shape index (κ1) is 18.8. The summed E-state index contributed by atoms with van der Waals surface area (Å²) in [4.78, 5) is 19.9. The van der Waals surface area contributed by atoms with E-state index in [-0.39, 0.29) is 11.8 Å². The molecule has 1 atom stereocenters. The highest BCUT2D eigenvalue weighted by Crippen LogP contribution is 2.29. The van der Waals surface area contributed by atoms with Gasteiger partial charge >= 0.3 is 0 Å². The lowest BCUT2D eigenvalue weighted by molar-refractivity contribution is -0.136. The molecule has 2 aliphatic heterocycles. The van der Waals surface area contributed by atoms with Gasteiger partial charge in [0.1, 0.15) is 5.75 Å². The third kappa shape index (κ3) is 3.99. The van der Waals surface area contributed by atoms with E-state index < -0.39 is 0 Å². The molecule has 0 aliphatic carbocycles. The highest BCUT2D eigenvalue weighted by Gasteiger charge is 2.31. The number of rotatable bonds is 6. The SMILES string of the molecule is COc1ccccc1N1CCN(CC(C(=O)N2CCC2)c2ccccc2)CC1. The van der Waals surface area contributed by atoms with Crippen LogP contribution < -0.4 is 9.64 Å². The van der Waals surface area contributed by atoms with Crippen LogP contribution in [0.1, 0.15) is 17.9 Å². The Hall–Kier alpha value is -2.53. The number of benzene rings is 2. The van der Waals surface area contributed by atoms with E-state index >= 15 is 0 Å². The van der Waals surface area contributed by atoms with Gasteiger partial charge in [0.05, 0.1) is 18.7 Å². The van der Waals surface area contributed by atoms with Gasteiger partial charge in [-0.25, -0.2) is 0 Å². The fraction of sp³-hybridized carbons (Fsp3) is 0.435. The highest BCUT2D eigenvalue weighted by atomic mass is 16.5. The fourth-order valence-corrected chi connectivity index (χ4v) is 4.09.